The molecule has 3 nitrogen and oxygen atoms in total. The molecule has 0 spiro atoms. The zero-order valence-corrected chi connectivity index (χ0v) is 10.9. The van der Waals surface area contributed by atoms with Gasteiger partial charge < -0.3 is 5.32 Å². The van der Waals surface area contributed by atoms with Crippen molar-refractivity contribution >= 4 is 0 Å². The molecule has 1 N–H and O–H groups in total. The standard InChI is InChI=1S/C15H19N3/c1-3-7-18-15(13-5-4-8-16-10-13)14-11-17-9-6-12(14)2/h4-6,8-11,15,18H,3,7H2,1-2H3. The minimum atomic E-state index is 0.173. The Morgan fingerprint density at radius 3 is 2.67 bits per heavy atom. The fourth-order valence-electron chi connectivity index (χ4n) is 2.02. The van der Waals surface area contributed by atoms with Gasteiger partial charge in [0.25, 0.3) is 0 Å². The van der Waals surface area contributed by atoms with E-state index in [9.17, 15) is 0 Å². The molecule has 0 fully saturated rings. The van der Waals surface area contributed by atoms with Crippen molar-refractivity contribution in [2.45, 2.75) is 26.3 Å². The van der Waals surface area contributed by atoms with Gasteiger partial charge in [0.1, 0.15) is 0 Å². The topological polar surface area (TPSA) is 37.8 Å². The zero-order chi connectivity index (χ0) is 12.8. The molecule has 0 radical (unpaired) electrons. The van der Waals surface area contributed by atoms with Gasteiger partial charge in [-0.15, -0.1) is 0 Å². The summed E-state index contributed by atoms with van der Waals surface area (Å²) in [5, 5.41) is 3.56. The molecule has 2 rings (SSSR count). The quantitative estimate of drug-likeness (QED) is 0.874. The zero-order valence-electron chi connectivity index (χ0n) is 10.9. The van der Waals surface area contributed by atoms with Gasteiger partial charge >= 0.3 is 0 Å². The van der Waals surface area contributed by atoms with Crippen LogP contribution in [0.25, 0.3) is 0 Å². The number of hydrogen-bond acceptors (Lipinski definition) is 3. The Labute approximate surface area is 108 Å². The van der Waals surface area contributed by atoms with Crippen LogP contribution in [-0.2, 0) is 0 Å². The summed E-state index contributed by atoms with van der Waals surface area (Å²) in [6.07, 6.45) is 8.60. The van der Waals surface area contributed by atoms with Crippen LogP contribution in [0.15, 0.2) is 43.0 Å². The van der Waals surface area contributed by atoms with E-state index in [1.54, 1.807) is 6.20 Å². The summed E-state index contributed by atoms with van der Waals surface area (Å²) in [6.45, 7) is 5.27. The van der Waals surface area contributed by atoms with Crippen molar-refractivity contribution in [2.75, 3.05) is 6.54 Å². The summed E-state index contributed by atoms with van der Waals surface area (Å²) in [7, 11) is 0. The van der Waals surface area contributed by atoms with Gasteiger partial charge in [-0.3, -0.25) is 9.97 Å². The highest BCUT2D eigenvalue weighted by Gasteiger charge is 2.15. The smallest absolute Gasteiger partial charge is 0.0609 e. The van der Waals surface area contributed by atoms with Gasteiger partial charge in [0, 0.05) is 24.8 Å². The van der Waals surface area contributed by atoms with Gasteiger partial charge in [-0.1, -0.05) is 13.0 Å². The van der Waals surface area contributed by atoms with E-state index in [2.05, 4.69) is 35.2 Å². The predicted octanol–water partition coefficient (Wildman–Crippen LogP) is 2.87. The molecule has 18 heavy (non-hydrogen) atoms. The van der Waals surface area contributed by atoms with Gasteiger partial charge in [0.15, 0.2) is 0 Å². The molecule has 0 aliphatic rings. The van der Waals surface area contributed by atoms with Crippen LogP contribution in [0.2, 0.25) is 0 Å². The Kier molecular flexibility index (Phi) is 4.42. The molecular formula is C15H19N3. The molecule has 0 bridgehead atoms. The maximum Gasteiger partial charge on any atom is 0.0609 e. The van der Waals surface area contributed by atoms with E-state index in [0.29, 0.717) is 0 Å². The van der Waals surface area contributed by atoms with Crippen LogP contribution in [0.5, 0.6) is 0 Å². The van der Waals surface area contributed by atoms with Crippen molar-refractivity contribution in [3.63, 3.8) is 0 Å². The average Bonchev–Trinajstić information content (AvgIpc) is 2.42. The van der Waals surface area contributed by atoms with Crippen molar-refractivity contribution in [2.24, 2.45) is 0 Å². The second-order valence-corrected chi connectivity index (χ2v) is 4.41. The molecule has 0 aliphatic carbocycles. The Bertz CT molecular complexity index is 482. The Morgan fingerprint density at radius 1 is 1.17 bits per heavy atom. The third kappa shape index (κ3) is 2.93. The fraction of sp³-hybridized carbons (Fsp3) is 0.333. The van der Waals surface area contributed by atoms with Crippen LogP contribution < -0.4 is 5.32 Å². The number of aryl methyl sites for hydroxylation is 1. The largest absolute Gasteiger partial charge is 0.306 e. The molecule has 2 heterocycles. The molecule has 0 saturated carbocycles. The SMILES string of the molecule is CCCNC(c1cccnc1)c1cnccc1C. The molecule has 0 aromatic carbocycles. The highest BCUT2D eigenvalue weighted by atomic mass is 14.9. The first-order valence-corrected chi connectivity index (χ1v) is 6.36. The molecule has 3 heteroatoms. The fourth-order valence-corrected chi connectivity index (χ4v) is 2.02. The van der Waals surface area contributed by atoms with Crippen molar-refractivity contribution in [3.05, 3.63) is 59.7 Å². The van der Waals surface area contributed by atoms with Crippen molar-refractivity contribution in [1.29, 1.82) is 0 Å². The van der Waals surface area contributed by atoms with Gasteiger partial charge in [0.05, 0.1) is 6.04 Å². The van der Waals surface area contributed by atoms with Gasteiger partial charge in [-0.05, 0) is 48.7 Å². The first kappa shape index (κ1) is 12.7. The normalized spacial score (nSPS) is 12.3. The molecule has 0 amide bonds. The summed E-state index contributed by atoms with van der Waals surface area (Å²) in [5.41, 5.74) is 3.66. The Morgan fingerprint density at radius 2 is 2.00 bits per heavy atom. The predicted molar refractivity (Wildman–Crippen MR) is 73.3 cm³/mol. The van der Waals surface area contributed by atoms with Crippen LogP contribution in [0.3, 0.4) is 0 Å². The third-order valence-electron chi connectivity index (χ3n) is 3.01. The molecule has 1 atom stereocenters. The van der Waals surface area contributed by atoms with Crippen LogP contribution >= 0.6 is 0 Å². The second-order valence-electron chi connectivity index (χ2n) is 4.41. The maximum atomic E-state index is 4.24. The summed E-state index contributed by atoms with van der Waals surface area (Å²) in [4.78, 5) is 8.45. The van der Waals surface area contributed by atoms with Crippen LogP contribution in [0.1, 0.15) is 36.1 Å². The number of hydrogen-bond donors (Lipinski definition) is 1. The second kappa shape index (κ2) is 6.26. The third-order valence-corrected chi connectivity index (χ3v) is 3.01. The van der Waals surface area contributed by atoms with Gasteiger partial charge in [-0.25, -0.2) is 0 Å². The molecule has 1 unspecified atom stereocenters. The lowest BCUT2D eigenvalue weighted by atomic mass is 9.98. The van der Waals surface area contributed by atoms with Gasteiger partial charge in [0.2, 0.25) is 0 Å². The summed E-state index contributed by atoms with van der Waals surface area (Å²) >= 11 is 0. The first-order chi connectivity index (χ1) is 8.83. The van der Waals surface area contributed by atoms with Crippen LogP contribution in [0.4, 0.5) is 0 Å². The van der Waals surface area contributed by atoms with Gasteiger partial charge in [-0.2, -0.15) is 0 Å². The maximum absolute atomic E-state index is 4.24. The molecule has 0 saturated heterocycles. The number of nitrogens with zero attached hydrogens (tertiary/aromatic N) is 2. The molecule has 2 aromatic heterocycles. The number of nitrogens with one attached hydrogen (secondary N) is 1. The number of aromatic nitrogens is 2. The van der Waals surface area contributed by atoms with E-state index in [1.165, 1.54) is 16.7 Å². The van der Waals surface area contributed by atoms with Crippen molar-refractivity contribution in [1.82, 2.24) is 15.3 Å². The minimum Gasteiger partial charge on any atom is -0.306 e. The highest BCUT2D eigenvalue weighted by Crippen LogP contribution is 2.23. The lowest BCUT2D eigenvalue weighted by molar-refractivity contribution is 0.593. The van der Waals surface area contributed by atoms with Crippen LogP contribution in [0, 0.1) is 6.92 Å². The summed E-state index contributed by atoms with van der Waals surface area (Å²) in [5.74, 6) is 0. The average molecular weight is 241 g/mol. The summed E-state index contributed by atoms with van der Waals surface area (Å²) < 4.78 is 0. The van der Waals surface area contributed by atoms with E-state index in [-0.39, 0.29) is 6.04 Å². The van der Waals surface area contributed by atoms with Crippen molar-refractivity contribution in [3.8, 4) is 0 Å². The lowest BCUT2D eigenvalue weighted by Crippen LogP contribution is -2.24. The van der Waals surface area contributed by atoms with Crippen molar-refractivity contribution < 1.29 is 0 Å². The van der Waals surface area contributed by atoms with E-state index < -0.39 is 0 Å². The highest BCUT2D eigenvalue weighted by molar-refractivity contribution is 5.33. The molecule has 94 valence electrons. The van der Waals surface area contributed by atoms with E-state index in [0.717, 1.165) is 13.0 Å². The van der Waals surface area contributed by atoms with E-state index in [4.69, 9.17) is 0 Å². The monoisotopic (exact) mass is 241 g/mol. The summed E-state index contributed by atoms with van der Waals surface area (Å²) in [6, 6.07) is 6.30. The molecule has 2 aromatic rings. The number of pyridine rings is 2. The minimum absolute atomic E-state index is 0.173. The Hall–Kier alpha value is -1.74. The molecule has 0 aliphatic heterocycles. The lowest BCUT2D eigenvalue weighted by Gasteiger charge is -2.20. The van der Waals surface area contributed by atoms with E-state index in [1.807, 2.05) is 30.7 Å². The molecular weight excluding hydrogens is 222 g/mol. The first-order valence-electron chi connectivity index (χ1n) is 6.36. The Balaban J connectivity index is 2.34. The van der Waals surface area contributed by atoms with Crippen LogP contribution in [-0.4, -0.2) is 16.5 Å². The number of rotatable bonds is 5. The van der Waals surface area contributed by atoms with E-state index >= 15 is 0 Å².